The normalized spacial score (nSPS) is 12.8. The van der Waals surface area contributed by atoms with Crippen LogP contribution in [0.1, 0.15) is 41.9 Å². The third kappa shape index (κ3) is 3.00. The van der Waals surface area contributed by atoms with Crippen molar-refractivity contribution in [2.45, 2.75) is 45.7 Å². The van der Waals surface area contributed by atoms with Crippen molar-refractivity contribution < 1.29 is 0 Å². The van der Waals surface area contributed by atoms with E-state index < -0.39 is 0 Å². The van der Waals surface area contributed by atoms with Gasteiger partial charge in [0.25, 0.3) is 0 Å². The Labute approximate surface area is 113 Å². The predicted octanol–water partition coefficient (Wildman–Crippen LogP) is 3.16. The van der Waals surface area contributed by atoms with Crippen LogP contribution in [0.2, 0.25) is 0 Å². The highest BCUT2D eigenvalue weighted by Gasteiger charge is 2.12. The van der Waals surface area contributed by atoms with E-state index in [9.17, 15) is 0 Å². The molecule has 0 aliphatic rings. The van der Waals surface area contributed by atoms with Gasteiger partial charge in [-0.05, 0) is 25.0 Å². The van der Waals surface area contributed by atoms with Crippen LogP contribution in [0.15, 0.2) is 24.5 Å². The van der Waals surface area contributed by atoms with Gasteiger partial charge in [0.1, 0.15) is 5.82 Å². The van der Waals surface area contributed by atoms with Gasteiger partial charge < -0.3 is 10.3 Å². The van der Waals surface area contributed by atoms with Crippen molar-refractivity contribution in [3.8, 4) is 0 Å². The third-order valence-corrected chi connectivity index (χ3v) is 4.43. The van der Waals surface area contributed by atoms with Crippen molar-refractivity contribution in [2.24, 2.45) is 5.73 Å². The van der Waals surface area contributed by atoms with Gasteiger partial charge in [0.2, 0.25) is 0 Å². The molecule has 0 bridgehead atoms. The molecule has 1 atom stereocenters. The molecule has 2 aromatic heterocycles. The fourth-order valence-corrected chi connectivity index (χ4v) is 3.01. The number of aromatic nitrogens is 2. The molecule has 0 fully saturated rings. The number of thiophene rings is 1. The molecule has 0 aromatic carbocycles. The maximum atomic E-state index is 6.28. The Morgan fingerprint density at radius 2 is 2.22 bits per heavy atom. The minimum absolute atomic E-state index is 0.0632. The van der Waals surface area contributed by atoms with Gasteiger partial charge in [0.05, 0.1) is 0 Å². The molecule has 0 saturated carbocycles. The highest BCUT2D eigenvalue weighted by Crippen LogP contribution is 2.24. The molecule has 98 valence electrons. The van der Waals surface area contributed by atoms with Gasteiger partial charge in [0.15, 0.2) is 0 Å². The molecule has 0 saturated heterocycles. The molecular formula is C14H21N3S. The Bertz CT molecular complexity index is 487. The maximum Gasteiger partial charge on any atom is 0.110 e. The Kier molecular flexibility index (Phi) is 4.55. The molecule has 4 heteroatoms. The van der Waals surface area contributed by atoms with Crippen molar-refractivity contribution in [3.05, 3.63) is 40.1 Å². The molecule has 3 nitrogen and oxygen atoms in total. The molecule has 18 heavy (non-hydrogen) atoms. The van der Waals surface area contributed by atoms with E-state index in [1.165, 1.54) is 9.75 Å². The first-order valence-corrected chi connectivity index (χ1v) is 7.40. The molecule has 0 amide bonds. The van der Waals surface area contributed by atoms with Crippen LogP contribution in [-0.4, -0.2) is 9.55 Å². The largest absolute Gasteiger partial charge is 0.335 e. The van der Waals surface area contributed by atoms with Crippen LogP contribution >= 0.6 is 11.3 Å². The van der Waals surface area contributed by atoms with Crippen molar-refractivity contribution in [3.63, 3.8) is 0 Å². The van der Waals surface area contributed by atoms with E-state index in [0.717, 1.165) is 31.6 Å². The van der Waals surface area contributed by atoms with E-state index in [2.05, 4.69) is 35.5 Å². The maximum absolute atomic E-state index is 6.28. The van der Waals surface area contributed by atoms with Gasteiger partial charge in [-0.2, -0.15) is 0 Å². The first kappa shape index (κ1) is 13.3. The van der Waals surface area contributed by atoms with Crippen LogP contribution in [0.25, 0.3) is 0 Å². The first-order valence-electron chi connectivity index (χ1n) is 6.58. The minimum Gasteiger partial charge on any atom is -0.335 e. The fourth-order valence-electron chi connectivity index (χ4n) is 2.06. The van der Waals surface area contributed by atoms with Crippen LogP contribution < -0.4 is 5.73 Å². The van der Waals surface area contributed by atoms with E-state index in [-0.39, 0.29) is 6.04 Å². The summed E-state index contributed by atoms with van der Waals surface area (Å²) in [5, 5.41) is 0. The molecule has 2 aromatic rings. The lowest BCUT2D eigenvalue weighted by Gasteiger charge is -2.11. The molecule has 0 aliphatic heterocycles. The van der Waals surface area contributed by atoms with Crippen LogP contribution in [0.3, 0.4) is 0 Å². The second-order valence-electron chi connectivity index (χ2n) is 4.51. The highest BCUT2D eigenvalue weighted by molar-refractivity contribution is 7.12. The number of nitrogens with zero attached hydrogens (tertiary/aromatic N) is 2. The van der Waals surface area contributed by atoms with E-state index >= 15 is 0 Å². The zero-order valence-electron chi connectivity index (χ0n) is 11.1. The SMILES string of the molecule is CCCn1ccnc1CC(N)c1ccc(CC)s1. The van der Waals surface area contributed by atoms with E-state index in [1.54, 1.807) is 0 Å². The fraction of sp³-hybridized carbons (Fsp3) is 0.500. The second kappa shape index (κ2) is 6.16. The van der Waals surface area contributed by atoms with Gasteiger partial charge in [-0.3, -0.25) is 0 Å². The number of hydrogen-bond acceptors (Lipinski definition) is 3. The summed E-state index contributed by atoms with van der Waals surface area (Å²) in [5.41, 5.74) is 6.28. The summed E-state index contributed by atoms with van der Waals surface area (Å²) in [7, 11) is 0. The standard InChI is InChI=1S/C14H21N3S/c1-3-8-17-9-7-16-14(17)10-12(15)13-6-5-11(4-2)18-13/h5-7,9,12H,3-4,8,10,15H2,1-2H3. The third-order valence-electron chi connectivity index (χ3n) is 3.07. The van der Waals surface area contributed by atoms with Crippen molar-refractivity contribution in [1.82, 2.24) is 9.55 Å². The summed E-state index contributed by atoms with van der Waals surface area (Å²) in [6.45, 7) is 5.37. The van der Waals surface area contributed by atoms with Crippen LogP contribution in [0.4, 0.5) is 0 Å². The van der Waals surface area contributed by atoms with E-state index in [0.29, 0.717) is 0 Å². The summed E-state index contributed by atoms with van der Waals surface area (Å²) in [5.74, 6) is 1.09. The first-order chi connectivity index (χ1) is 8.74. The minimum atomic E-state index is 0.0632. The lowest BCUT2D eigenvalue weighted by Crippen LogP contribution is -2.15. The zero-order valence-corrected chi connectivity index (χ0v) is 11.9. The van der Waals surface area contributed by atoms with Crippen molar-refractivity contribution >= 4 is 11.3 Å². The monoisotopic (exact) mass is 263 g/mol. The molecule has 1 unspecified atom stereocenters. The number of imidazole rings is 1. The van der Waals surface area contributed by atoms with Crippen LogP contribution in [0.5, 0.6) is 0 Å². The van der Waals surface area contributed by atoms with Gasteiger partial charge in [-0.15, -0.1) is 11.3 Å². The lowest BCUT2D eigenvalue weighted by atomic mass is 10.1. The number of nitrogens with two attached hydrogens (primary N) is 1. The molecule has 0 aliphatic carbocycles. The molecule has 2 N–H and O–H groups in total. The summed E-state index contributed by atoms with van der Waals surface area (Å²) >= 11 is 1.82. The Balaban J connectivity index is 2.06. The summed E-state index contributed by atoms with van der Waals surface area (Å²) in [4.78, 5) is 7.08. The van der Waals surface area contributed by atoms with Gasteiger partial charge in [-0.1, -0.05) is 13.8 Å². The zero-order chi connectivity index (χ0) is 13.0. The summed E-state index contributed by atoms with van der Waals surface area (Å²) in [6, 6.07) is 4.40. The number of rotatable bonds is 6. The van der Waals surface area contributed by atoms with Crippen molar-refractivity contribution in [1.29, 1.82) is 0 Å². The van der Waals surface area contributed by atoms with Gasteiger partial charge in [0, 0.05) is 41.2 Å². The topological polar surface area (TPSA) is 43.8 Å². The second-order valence-corrected chi connectivity index (χ2v) is 5.71. The predicted molar refractivity (Wildman–Crippen MR) is 76.8 cm³/mol. The molecule has 0 spiro atoms. The number of hydrogen-bond donors (Lipinski definition) is 1. The number of aryl methyl sites for hydroxylation is 2. The Morgan fingerprint density at radius 1 is 1.39 bits per heavy atom. The van der Waals surface area contributed by atoms with E-state index in [1.807, 2.05) is 23.7 Å². The average Bonchev–Trinajstić information content (AvgIpc) is 2.99. The van der Waals surface area contributed by atoms with Gasteiger partial charge in [-0.25, -0.2) is 4.98 Å². The Hall–Kier alpha value is -1.13. The molecule has 2 rings (SSSR count). The Morgan fingerprint density at radius 3 is 2.89 bits per heavy atom. The highest BCUT2D eigenvalue weighted by atomic mass is 32.1. The smallest absolute Gasteiger partial charge is 0.110 e. The van der Waals surface area contributed by atoms with Crippen LogP contribution in [0, 0.1) is 0 Å². The molecule has 2 heterocycles. The summed E-state index contributed by atoms with van der Waals surface area (Å²) in [6.07, 6.45) is 6.93. The molecular weight excluding hydrogens is 242 g/mol. The lowest BCUT2D eigenvalue weighted by molar-refractivity contribution is 0.602. The van der Waals surface area contributed by atoms with Crippen LogP contribution in [-0.2, 0) is 19.4 Å². The van der Waals surface area contributed by atoms with Crippen molar-refractivity contribution in [2.75, 3.05) is 0 Å². The quantitative estimate of drug-likeness (QED) is 0.870. The van der Waals surface area contributed by atoms with Gasteiger partial charge >= 0.3 is 0 Å². The summed E-state index contributed by atoms with van der Waals surface area (Å²) < 4.78 is 2.20. The average molecular weight is 263 g/mol. The van der Waals surface area contributed by atoms with E-state index in [4.69, 9.17) is 5.73 Å². The molecule has 0 radical (unpaired) electrons.